The monoisotopic (exact) mass is 238 g/mol. The first-order valence-corrected chi connectivity index (χ1v) is 7.43. The van der Waals surface area contributed by atoms with Crippen molar-refractivity contribution in [3.8, 4) is 0 Å². The molecule has 0 amide bonds. The van der Waals surface area contributed by atoms with Gasteiger partial charge in [-0.2, -0.15) is 0 Å². The summed E-state index contributed by atoms with van der Waals surface area (Å²) in [4.78, 5) is 4.31. The van der Waals surface area contributed by atoms with Gasteiger partial charge in [-0.25, -0.2) is 4.98 Å². The van der Waals surface area contributed by atoms with E-state index in [1.54, 1.807) is 11.3 Å². The van der Waals surface area contributed by atoms with Gasteiger partial charge in [0, 0.05) is 18.0 Å². The molecule has 0 bridgehead atoms. The zero-order valence-corrected chi connectivity index (χ0v) is 10.9. The van der Waals surface area contributed by atoms with E-state index in [4.69, 9.17) is 0 Å². The maximum Gasteiger partial charge on any atom is 0.0795 e. The molecule has 2 unspecified atom stereocenters. The Balaban J connectivity index is 1.73. The highest BCUT2D eigenvalue weighted by atomic mass is 32.1. The van der Waals surface area contributed by atoms with Crippen LogP contribution in [0.2, 0.25) is 0 Å². The molecule has 0 saturated heterocycles. The molecule has 1 aliphatic rings. The van der Waals surface area contributed by atoms with Gasteiger partial charge >= 0.3 is 0 Å². The number of aromatic nitrogens is 1. The Labute approximate surface area is 102 Å². The molecule has 3 heteroatoms. The smallest absolute Gasteiger partial charge is 0.0795 e. The molecule has 0 aliphatic heterocycles. The molecule has 1 aliphatic carbocycles. The molecule has 1 fully saturated rings. The molecule has 1 aromatic heterocycles. The van der Waals surface area contributed by atoms with Crippen LogP contribution < -0.4 is 5.32 Å². The lowest BCUT2D eigenvalue weighted by Crippen LogP contribution is -2.28. The summed E-state index contributed by atoms with van der Waals surface area (Å²) in [5.41, 5.74) is 3.11. The van der Waals surface area contributed by atoms with Gasteiger partial charge < -0.3 is 5.32 Å². The Morgan fingerprint density at radius 2 is 2.31 bits per heavy atom. The molecule has 16 heavy (non-hydrogen) atoms. The van der Waals surface area contributed by atoms with E-state index in [2.05, 4.69) is 22.6 Å². The fourth-order valence-corrected chi connectivity index (χ4v) is 3.12. The maximum absolute atomic E-state index is 4.31. The third kappa shape index (κ3) is 3.56. The highest BCUT2D eigenvalue weighted by Gasteiger charge is 2.17. The molecule has 1 N–H and O–H groups in total. The van der Waals surface area contributed by atoms with Gasteiger partial charge in [0.25, 0.3) is 0 Å². The third-order valence-corrected chi connectivity index (χ3v) is 4.36. The highest BCUT2D eigenvalue weighted by Crippen LogP contribution is 2.25. The van der Waals surface area contributed by atoms with Crippen LogP contribution in [-0.4, -0.2) is 11.0 Å². The SMILES string of the molecule is CCC1CCCC(NCc2cscn2)CC1. The van der Waals surface area contributed by atoms with Crippen LogP contribution in [0.4, 0.5) is 0 Å². The number of nitrogens with one attached hydrogen (secondary N) is 1. The second kappa shape index (κ2) is 6.36. The standard InChI is InChI=1S/C13H22N2S/c1-2-11-4-3-5-12(7-6-11)14-8-13-9-16-10-15-13/h9-12,14H,2-8H2,1H3. The van der Waals surface area contributed by atoms with Crippen molar-refractivity contribution in [2.45, 2.75) is 58.0 Å². The fourth-order valence-electron chi connectivity index (χ4n) is 2.56. The van der Waals surface area contributed by atoms with Crippen LogP contribution in [0.3, 0.4) is 0 Å². The van der Waals surface area contributed by atoms with Crippen LogP contribution in [-0.2, 0) is 6.54 Å². The summed E-state index contributed by atoms with van der Waals surface area (Å²) < 4.78 is 0. The number of hydrogen-bond donors (Lipinski definition) is 1. The minimum absolute atomic E-state index is 0.721. The largest absolute Gasteiger partial charge is 0.308 e. The summed E-state index contributed by atoms with van der Waals surface area (Å²) in [6.45, 7) is 3.28. The summed E-state index contributed by atoms with van der Waals surface area (Å²) >= 11 is 1.68. The molecule has 1 aromatic rings. The van der Waals surface area contributed by atoms with Crippen LogP contribution in [0.15, 0.2) is 10.9 Å². The molecule has 0 aromatic carbocycles. The summed E-state index contributed by atoms with van der Waals surface area (Å²) in [5, 5.41) is 5.79. The molecule has 0 spiro atoms. The number of thiazole rings is 1. The van der Waals surface area contributed by atoms with E-state index in [-0.39, 0.29) is 0 Å². The lowest BCUT2D eigenvalue weighted by atomic mass is 9.98. The second-order valence-corrected chi connectivity index (χ2v) is 5.56. The van der Waals surface area contributed by atoms with Gasteiger partial charge in [-0.3, -0.25) is 0 Å². The van der Waals surface area contributed by atoms with Crippen molar-refractivity contribution in [1.82, 2.24) is 10.3 Å². The van der Waals surface area contributed by atoms with Crippen LogP contribution in [0.5, 0.6) is 0 Å². The average molecular weight is 238 g/mol. The Hall–Kier alpha value is -0.410. The van der Waals surface area contributed by atoms with E-state index in [1.165, 1.54) is 44.2 Å². The topological polar surface area (TPSA) is 24.9 Å². The second-order valence-electron chi connectivity index (χ2n) is 4.84. The van der Waals surface area contributed by atoms with Gasteiger partial charge in [0.05, 0.1) is 11.2 Å². The van der Waals surface area contributed by atoms with E-state index in [0.717, 1.165) is 18.5 Å². The minimum atomic E-state index is 0.721. The fraction of sp³-hybridized carbons (Fsp3) is 0.769. The molecule has 90 valence electrons. The summed E-state index contributed by atoms with van der Waals surface area (Å²) in [5.74, 6) is 0.978. The van der Waals surface area contributed by atoms with Crippen LogP contribution in [0, 0.1) is 5.92 Å². The van der Waals surface area contributed by atoms with Crippen molar-refractivity contribution in [3.05, 3.63) is 16.6 Å². The van der Waals surface area contributed by atoms with Gasteiger partial charge in [0.2, 0.25) is 0 Å². The molecule has 2 rings (SSSR count). The van der Waals surface area contributed by atoms with Crippen molar-refractivity contribution >= 4 is 11.3 Å². The van der Waals surface area contributed by atoms with Crippen LogP contribution in [0.1, 0.15) is 51.1 Å². The first-order chi connectivity index (χ1) is 7.88. The van der Waals surface area contributed by atoms with Gasteiger partial charge in [-0.05, 0) is 25.2 Å². The Morgan fingerprint density at radius 3 is 3.06 bits per heavy atom. The van der Waals surface area contributed by atoms with Crippen molar-refractivity contribution in [3.63, 3.8) is 0 Å². The Morgan fingerprint density at radius 1 is 1.38 bits per heavy atom. The molecular weight excluding hydrogens is 216 g/mol. The molecule has 2 atom stereocenters. The van der Waals surface area contributed by atoms with Crippen LogP contribution in [0.25, 0.3) is 0 Å². The first kappa shape index (κ1) is 12.1. The van der Waals surface area contributed by atoms with E-state index in [0.29, 0.717) is 0 Å². The van der Waals surface area contributed by atoms with Crippen molar-refractivity contribution in [2.75, 3.05) is 0 Å². The van der Waals surface area contributed by atoms with E-state index in [9.17, 15) is 0 Å². The molecule has 1 heterocycles. The summed E-state index contributed by atoms with van der Waals surface area (Å²) in [6, 6.07) is 0.721. The number of hydrogen-bond acceptors (Lipinski definition) is 3. The first-order valence-electron chi connectivity index (χ1n) is 6.49. The summed E-state index contributed by atoms with van der Waals surface area (Å²) in [7, 11) is 0. The molecular formula is C13H22N2S. The van der Waals surface area contributed by atoms with E-state index in [1.807, 2.05) is 5.51 Å². The lowest BCUT2D eigenvalue weighted by Gasteiger charge is -2.15. The van der Waals surface area contributed by atoms with Gasteiger partial charge in [-0.1, -0.05) is 26.2 Å². The van der Waals surface area contributed by atoms with Crippen LogP contribution >= 0.6 is 11.3 Å². The Bertz CT molecular complexity index is 284. The zero-order valence-electron chi connectivity index (χ0n) is 10.1. The van der Waals surface area contributed by atoms with Gasteiger partial charge in [0.1, 0.15) is 0 Å². The van der Waals surface area contributed by atoms with E-state index < -0.39 is 0 Å². The average Bonchev–Trinajstić information content (AvgIpc) is 2.72. The maximum atomic E-state index is 4.31. The summed E-state index contributed by atoms with van der Waals surface area (Å²) in [6.07, 6.45) is 8.30. The lowest BCUT2D eigenvalue weighted by molar-refractivity contribution is 0.424. The zero-order chi connectivity index (χ0) is 11.2. The molecule has 2 nitrogen and oxygen atoms in total. The molecule has 0 radical (unpaired) electrons. The highest BCUT2D eigenvalue weighted by molar-refractivity contribution is 7.07. The third-order valence-electron chi connectivity index (χ3n) is 3.72. The van der Waals surface area contributed by atoms with E-state index >= 15 is 0 Å². The predicted octanol–water partition coefficient (Wildman–Crippen LogP) is 3.59. The molecule has 1 saturated carbocycles. The van der Waals surface area contributed by atoms with Gasteiger partial charge in [-0.15, -0.1) is 11.3 Å². The Kier molecular flexibility index (Phi) is 4.79. The van der Waals surface area contributed by atoms with Crippen molar-refractivity contribution in [2.24, 2.45) is 5.92 Å². The number of rotatable bonds is 4. The predicted molar refractivity (Wildman–Crippen MR) is 69.6 cm³/mol. The normalized spacial score (nSPS) is 26.6. The van der Waals surface area contributed by atoms with Crippen molar-refractivity contribution in [1.29, 1.82) is 0 Å². The minimum Gasteiger partial charge on any atom is -0.308 e. The quantitative estimate of drug-likeness (QED) is 0.811. The van der Waals surface area contributed by atoms with Crippen molar-refractivity contribution < 1.29 is 0 Å². The van der Waals surface area contributed by atoms with Gasteiger partial charge in [0.15, 0.2) is 0 Å². The number of nitrogens with zero attached hydrogens (tertiary/aromatic N) is 1.